The fraction of sp³-hybridized carbons (Fsp3) is 0.200. The first kappa shape index (κ1) is 16.1. The van der Waals surface area contributed by atoms with E-state index in [4.69, 9.17) is 0 Å². The largest absolute Gasteiger partial charge is 0.335 e. The van der Waals surface area contributed by atoms with Crippen molar-refractivity contribution < 1.29 is 4.79 Å². The molecule has 0 aliphatic carbocycles. The van der Waals surface area contributed by atoms with Gasteiger partial charge < -0.3 is 9.47 Å². The maximum Gasteiger partial charge on any atom is 0.242 e. The van der Waals surface area contributed by atoms with Crippen LogP contribution in [0, 0.1) is 0 Å². The molecule has 0 unspecified atom stereocenters. The van der Waals surface area contributed by atoms with E-state index in [0.717, 1.165) is 34.4 Å². The number of hydrogen-bond acceptors (Lipinski definition) is 2. The zero-order valence-electron chi connectivity index (χ0n) is 13.7. The van der Waals surface area contributed by atoms with Gasteiger partial charge in [0, 0.05) is 16.6 Å². The topological polar surface area (TPSA) is 38.1 Å². The summed E-state index contributed by atoms with van der Waals surface area (Å²) >= 11 is 3.52. The van der Waals surface area contributed by atoms with Gasteiger partial charge in [0.15, 0.2) is 0 Å². The molecule has 1 aliphatic heterocycles. The molecule has 0 atom stereocenters. The van der Waals surface area contributed by atoms with Crippen molar-refractivity contribution in [2.75, 3.05) is 6.54 Å². The molecule has 0 saturated carbocycles. The van der Waals surface area contributed by atoms with Crippen molar-refractivity contribution >= 4 is 21.8 Å². The van der Waals surface area contributed by atoms with Crippen LogP contribution in [0.4, 0.5) is 0 Å². The quantitative estimate of drug-likeness (QED) is 0.671. The summed E-state index contributed by atoms with van der Waals surface area (Å²) in [6.07, 6.45) is 2.64. The van der Waals surface area contributed by atoms with E-state index >= 15 is 0 Å². The number of benzene rings is 2. The Labute approximate surface area is 155 Å². The van der Waals surface area contributed by atoms with Crippen molar-refractivity contribution in [2.24, 2.45) is 0 Å². The number of carbonyl (C=O) groups excluding carboxylic acids is 1. The van der Waals surface area contributed by atoms with Crippen molar-refractivity contribution in [1.29, 1.82) is 0 Å². The zero-order valence-corrected chi connectivity index (χ0v) is 15.3. The summed E-state index contributed by atoms with van der Waals surface area (Å²) in [5.74, 6) is 0.154. The van der Waals surface area contributed by atoms with Gasteiger partial charge in [-0.25, -0.2) is 4.98 Å². The lowest BCUT2D eigenvalue weighted by Gasteiger charge is -2.28. The summed E-state index contributed by atoms with van der Waals surface area (Å²) in [7, 11) is 0. The van der Waals surface area contributed by atoms with Crippen molar-refractivity contribution in [3.05, 3.63) is 76.7 Å². The van der Waals surface area contributed by atoms with Gasteiger partial charge in [-0.05, 0) is 24.1 Å². The molecule has 1 amide bonds. The number of carbonyl (C=O) groups is 1. The van der Waals surface area contributed by atoms with Crippen LogP contribution in [0.2, 0.25) is 0 Å². The van der Waals surface area contributed by atoms with Crippen molar-refractivity contribution in [2.45, 2.75) is 19.5 Å². The molecule has 2 heterocycles. The number of rotatable bonds is 4. The smallest absolute Gasteiger partial charge is 0.242 e. The Morgan fingerprint density at radius 1 is 1.04 bits per heavy atom. The van der Waals surface area contributed by atoms with Crippen molar-refractivity contribution in [1.82, 2.24) is 14.5 Å². The first-order valence-electron chi connectivity index (χ1n) is 8.32. The highest BCUT2D eigenvalue weighted by molar-refractivity contribution is 9.10. The molecular formula is C20H18BrN3O. The minimum Gasteiger partial charge on any atom is -0.335 e. The van der Waals surface area contributed by atoms with Crippen LogP contribution in [0.1, 0.15) is 11.3 Å². The predicted octanol–water partition coefficient (Wildman–Crippen LogP) is 3.90. The lowest BCUT2D eigenvalue weighted by Crippen LogP contribution is -2.40. The fourth-order valence-electron chi connectivity index (χ4n) is 3.21. The summed E-state index contributed by atoms with van der Waals surface area (Å²) in [5.41, 5.74) is 4.38. The Hall–Kier alpha value is -2.40. The van der Waals surface area contributed by atoms with E-state index in [2.05, 4.69) is 45.2 Å². The van der Waals surface area contributed by atoms with Crippen LogP contribution in [-0.4, -0.2) is 26.9 Å². The molecule has 1 aromatic heterocycles. The van der Waals surface area contributed by atoms with E-state index < -0.39 is 0 Å². The van der Waals surface area contributed by atoms with Gasteiger partial charge in [0.25, 0.3) is 0 Å². The van der Waals surface area contributed by atoms with Gasteiger partial charge in [-0.1, -0.05) is 58.4 Å². The summed E-state index contributed by atoms with van der Waals surface area (Å²) in [5, 5.41) is 0. The number of amides is 1. The normalized spacial score (nSPS) is 13.8. The minimum absolute atomic E-state index is 0.154. The predicted molar refractivity (Wildman–Crippen MR) is 101 cm³/mol. The van der Waals surface area contributed by atoms with Crippen LogP contribution in [0.25, 0.3) is 11.3 Å². The molecule has 3 aromatic rings. The Kier molecular flexibility index (Phi) is 4.40. The van der Waals surface area contributed by atoms with E-state index in [0.29, 0.717) is 13.1 Å². The molecular weight excluding hydrogens is 378 g/mol. The van der Waals surface area contributed by atoms with Gasteiger partial charge in [0.05, 0.1) is 24.3 Å². The van der Waals surface area contributed by atoms with Gasteiger partial charge in [-0.15, -0.1) is 0 Å². The highest BCUT2D eigenvalue weighted by Gasteiger charge is 2.26. The Bertz CT molecular complexity index is 904. The van der Waals surface area contributed by atoms with Crippen LogP contribution >= 0.6 is 15.9 Å². The van der Waals surface area contributed by atoms with Gasteiger partial charge in [-0.2, -0.15) is 0 Å². The second-order valence-corrected chi connectivity index (χ2v) is 7.14. The Balaban J connectivity index is 1.56. The second-order valence-electron chi connectivity index (χ2n) is 6.23. The molecule has 0 saturated heterocycles. The zero-order chi connectivity index (χ0) is 17.2. The number of imidazole rings is 1. The first-order chi connectivity index (χ1) is 12.2. The lowest BCUT2D eigenvalue weighted by atomic mass is 10.1. The molecule has 4 nitrogen and oxygen atoms in total. The number of hydrogen-bond donors (Lipinski definition) is 0. The molecule has 25 heavy (non-hydrogen) atoms. The standard InChI is InChI=1S/C20H18BrN3O/c21-17-8-4-7-16(11-17)20-18-12-23(19(25)13-24(18)14-22-20)10-9-15-5-2-1-3-6-15/h1-8,11,14H,9-10,12-13H2. The molecule has 0 fully saturated rings. The maximum atomic E-state index is 12.4. The van der Waals surface area contributed by atoms with Gasteiger partial charge >= 0.3 is 0 Å². The molecule has 5 heteroatoms. The molecule has 126 valence electrons. The van der Waals surface area contributed by atoms with Gasteiger partial charge in [-0.3, -0.25) is 4.79 Å². The van der Waals surface area contributed by atoms with E-state index in [1.54, 1.807) is 6.33 Å². The summed E-state index contributed by atoms with van der Waals surface area (Å²) in [4.78, 5) is 18.9. The van der Waals surface area contributed by atoms with Crippen molar-refractivity contribution in [3.63, 3.8) is 0 Å². The summed E-state index contributed by atoms with van der Waals surface area (Å²) in [6, 6.07) is 18.4. The van der Waals surface area contributed by atoms with Crippen LogP contribution in [-0.2, 0) is 24.3 Å². The average Bonchev–Trinajstić information content (AvgIpc) is 3.03. The Morgan fingerprint density at radius 3 is 2.68 bits per heavy atom. The maximum absolute atomic E-state index is 12.4. The van der Waals surface area contributed by atoms with Crippen LogP contribution in [0.3, 0.4) is 0 Å². The summed E-state index contributed by atoms with van der Waals surface area (Å²) < 4.78 is 3.00. The third-order valence-electron chi connectivity index (χ3n) is 4.56. The average molecular weight is 396 g/mol. The number of fused-ring (bicyclic) bond motifs is 1. The fourth-order valence-corrected chi connectivity index (χ4v) is 3.61. The third kappa shape index (κ3) is 3.37. The highest BCUT2D eigenvalue weighted by Crippen LogP contribution is 2.28. The van der Waals surface area contributed by atoms with E-state index in [-0.39, 0.29) is 5.91 Å². The monoisotopic (exact) mass is 395 g/mol. The highest BCUT2D eigenvalue weighted by atomic mass is 79.9. The number of halogens is 1. The van der Waals surface area contributed by atoms with Crippen LogP contribution < -0.4 is 0 Å². The van der Waals surface area contributed by atoms with Crippen LogP contribution in [0.15, 0.2) is 65.4 Å². The molecule has 0 radical (unpaired) electrons. The molecule has 1 aliphatic rings. The molecule has 0 bridgehead atoms. The summed E-state index contributed by atoms with van der Waals surface area (Å²) in [6.45, 7) is 1.70. The third-order valence-corrected chi connectivity index (χ3v) is 5.05. The van der Waals surface area contributed by atoms with Gasteiger partial charge in [0.1, 0.15) is 6.54 Å². The SMILES string of the molecule is O=C1Cn2cnc(-c3cccc(Br)c3)c2CN1CCc1ccccc1. The minimum atomic E-state index is 0.154. The van der Waals surface area contributed by atoms with E-state index in [1.807, 2.05) is 39.8 Å². The number of nitrogens with zero attached hydrogens (tertiary/aromatic N) is 3. The molecule has 2 aromatic carbocycles. The second kappa shape index (κ2) is 6.84. The first-order valence-corrected chi connectivity index (χ1v) is 9.11. The van der Waals surface area contributed by atoms with Gasteiger partial charge in [0.2, 0.25) is 5.91 Å². The lowest BCUT2D eigenvalue weighted by molar-refractivity contribution is -0.134. The van der Waals surface area contributed by atoms with Crippen molar-refractivity contribution in [3.8, 4) is 11.3 Å². The van der Waals surface area contributed by atoms with E-state index in [9.17, 15) is 4.79 Å². The number of aromatic nitrogens is 2. The molecule has 0 N–H and O–H groups in total. The molecule has 0 spiro atoms. The Morgan fingerprint density at radius 2 is 1.88 bits per heavy atom. The van der Waals surface area contributed by atoms with Crippen LogP contribution in [0.5, 0.6) is 0 Å². The molecule has 4 rings (SSSR count). The van der Waals surface area contributed by atoms with E-state index in [1.165, 1.54) is 5.56 Å².